The molecule has 3 rings (SSSR count). The van der Waals surface area contributed by atoms with Gasteiger partial charge in [0.05, 0.1) is 11.3 Å². The Bertz CT molecular complexity index is 1030. The minimum atomic E-state index is -1.24. The Morgan fingerprint density at radius 2 is 1.97 bits per heavy atom. The molecule has 2 aromatic rings. The number of fused-ring (bicyclic) bond motifs is 1. The highest BCUT2D eigenvalue weighted by Gasteiger charge is 2.44. The molecule has 0 radical (unpaired) electrons. The van der Waals surface area contributed by atoms with E-state index in [1.807, 2.05) is 6.92 Å². The van der Waals surface area contributed by atoms with E-state index in [9.17, 15) is 15.0 Å². The summed E-state index contributed by atoms with van der Waals surface area (Å²) in [4.78, 5) is 23.7. The number of nitrogens with one attached hydrogen (secondary N) is 3. The number of rotatable bonds is 11. The zero-order valence-electron chi connectivity index (χ0n) is 18.6. The maximum Gasteiger partial charge on any atom is 0.302 e. The lowest BCUT2D eigenvalue weighted by molar-refractivity contribution is -0.147. The van der Waals surface area contributed by atoms with Crippen molar-refractivity contribution in [2.24, 2.45) is 0 Å². The molecule has 0 saturated carbocycles. The topological polar surface area (TPSA) is 147 Å². The fourth-order valence-electron chi connectivity index (χ4n) is 3.58. The molecule has 33 heavy (non-hydrogen) atoms. The van der Waals surface area contributed by atoms with E-state index in [4.69, 9.17) is 33.9 Å². The fourth-order valence-corrected chi connectivity index (χ4v) is 3.93. The van der Waals surface area contributed by atoms with Crippen LogP contribution in [0, 0.1) is 4.64 Å². The van der Waals surface area contributed by atoms with Crippen LogP contribution >= 0.6 is 24.4 Å². The Labute approximate surface area is 201 Å². The first-order valence-corrected chi connectivity index (χ1v) is 11.7. The number of imidazole rings is 1. The number of esters is 1. The SMILES string of the molecule is CC(=O)OC[C@H]1O[C@@H](n2cnc3c(=S)nc(NCCCCCCNC(C)=S)[nH]c32)[C@@H](O)[C@H]1O. The number of aliphatic hydroxyl groups is 2. The monoisotopic (exact) mass is 498 g/mol. The van der Waals surface area contributed by atoms with E-state index in [2.05, 4.69) is 25.6 Å². The van der Waals surface area contributed by atoms with Gasteiger partial charge in [0.15, 0.2) is 10.9 Å². The van der Waals surface area contributed by atoms with Crippen molar-refractivity contribution in [3.8, 4) is 0 Å². The van der Waals surface area contributed by atoms with Gasteiger partial charge in [-0.05, 0) is 19.8 Å². The molecule has 11 nitrogen and oxygen atoms in total. The molecule has 0 unspecified atom stereocenters. The number of carbonyl (C=O) groups is 1. The second kappa shape index (κ2) is 11.8. The molecule has 2 aromatic heterocycles. The van der Waals surface area contributed by atoms with Gasteiger partial charge in [-0.3, -0.25) is 9.36 Å². The highest BCUT2D eigenvalue weighted by atomic mass is 32.1. The predicted octanol–water partition coefficient (Wildman–Crippen LogP) is 1.58. The van der Waals surface area contributed by atoms with E-state index < -0.39 is 30.5 Å². The molecule has 0 aromatic carbocycles. The summed E-state index contributed by atoms with van der Waals surface area (Å²) in [6.07, 6.45) is 1.39. The Morgan fingerprint density at radius 1 is 1.24 bits per heavy atom. The number of hydrogen-bond acceptors (Lipinski definition) is 10. The summed E-state index contributed by atoms with van der Waals surface area (Å²) in [7, 11) is 0. The zero-order valence-corrected chi connectivity index (χ0v) is 20.2. The van der Waals surface area contributed by atoms with Crippen molar-refractivity contribution in [2.45, 2.75) is 64.1 Å². The average Bonchev–Trinajstić information content (AvgIpc) is 3.30. The zero-order chi connectivity index (χ0) is 24.0. The molecule has 0 aliphatic carbocycles. The third kappa shape index (κ3) is 6.67. The fraction of sp³-hybridized carbons (Fsp3) is 0.650. The summed E-state index contributed by atoms with van der Waals surface area (Å²) < 4.78 is 12.5. The average molecular weight is 499 g/mol. The Hall–Kier alpha value is -2.19. The van der Waals surface area contributed by atoms with Gasteiger partial charge in [0.2, 0.25) is 5.95 Å². The number of carbonyl (C=O) groups excluding carboxylic acids is 1. The second-order valence-electron chi connectivity index (χ2n) is 7.91. The van der Waals surface area contributed by atoms with Crippen molar-refractivity contribution in [3.05, 3.63) is 11.0 Å². The van der Waals surface area contributed by atoms with Gasteiger partial charge in [-0.25, -0.2) is 9.97 Å². The Kier molecular flexibility index (Phi) is 9.09. The van der Waals surface area contributed by atoms with E-state index >= 15 is 0 Å². The van der Waals surface area contributed by atoms with Crippen LogP contribution in [0.5, 0.6) is 0 Å². The molecule has 0 amide bonds. The van der Waals surface area contributed by atoms with Crippen molar-refractivity contribution in [3.63, 3.8) is 0 Å². The number of aliphatic hydroxyl groups excluding tert-OH is 2. The summed E-state index contributed by atoms with van der Waals surface area (Å²) in [6.45, 7) is 4.58. The first-order valence-electron chi connectivity index (χ1n) is 10.9. The molecular weight excluding hydrogens is 468 g/mol. The highest BCUT2D eigenvalue weighted by molar-refractivity contribution is 7.80. The lowest BCUT2D eigenvalue weighted by atomic mass is 10.1. The maximum atomic E-state index is 11.1. The van der Waals surface area contributed by atoms with E-state index in [1.165, 1.54) is 13.3 Å². The van der Waals surface area contributed by atoms with Crippen LogP contribution in [0.25, 0.3) is 11.2 Å². The molecule has 1 aliphatic rings. The second-order valence-corrected chi connectivity index (χ2v) is 8.91. The van der Waals surface area contributed by atoms with E-state index in [-0.39, 0.29) is 6.61 Å². The smallest absolute Gasteiger partial charge is 0.302 e. The number of H-pyrrole nitrogens is 1. The summed E-state index contributed by atoms with van der Waals surface area (Å²) >= 11 is 10.4. The molecule has 1 aliphatic heterocycles. The van der Waals surface area contributed by atoms with Crippen molar-refractivity contribution >= 4 is 52.5 Å². The van der Waals surface area contributed by atoms with Gasteiger partial charge < -0.3 is 35.3 Å². The molecular formula is C20H30N6O5S2. The molecule has 5 N–H and O–H groups in total. The number of unbranched alkanes of at least 4 members (excludes halogenated alkanes) is 3. The number of hydrogen-bond donors (Lipinski definition) is 5. The van der Waals surface area contributed by atoms with Crippen LogP contribution in [-0.2, 0) is 14.3 Å². The van der Waals surface area contributed by atoms with Crippen LogP contribution in [0.15, 0.2) is 6.33 Å². The summed E-state index contributed by atoms with van der Waals surface area (Å²) in [5.74, 6) is -0.0128. The normalized spacial score (nSPS) is 22.4. The first kappa shape index (κ1) is 25.4. The molecule has 0 spiro atoms. The molecule has 13 heteroatoms. The molecule has 3 heterocycles. The van der Waals surface area contributed by atoms with E-state index in [0.717, 1.165) is 37.2 Å². The van der Waals surface area contributed by atoms with Gasteiger partial charge in [-0.15, -0.1) is 0 Å². The van der Waals surface area contributed by atoms with Crippen molar-refractivity contribution < 1.29 is 24.5 Å². The summed E-state index contributed by atoms with van der Waals surface area (Å²) in [6, 6.07) is 0. The van der Waals surface area contributed by atoms with E-state index in [0.29, 0.717) is 28.3 Å². The number of anilines is 1. The lowest BCUT2D eigenvalue weighted by Crippen LogP contribution is -2.34. The largest absolute Gasteiger partial charge is 0.463 e. The van der Waals surface area contributed by atoms with Crippen LogP contribution in [0.3, 0.4) is 0 Å². The van der Waals surface area contributed by atoms with Crippen LogP contribution in [-0.4, -0.2) is 78.7 Å². The Balaban J connectivity index is 1.61. The van der Waals surface area contributed by atoms with Gasteiger partial charge in [-0.1, -0.05) is 37.3 Å². The standard InChI is InChI=1S/C20H30N6O5S2/c1-11(32)21-7-5-3-4-6-8-22-20-24-17-14(18(33)25-20)23-10-26(17)19-16(29)15(28)13(31-19)9-30-12(2)27/h10,13,15-16,19,28-29H,3-9H2,1-2H3,(H,21,32)(H2,22,24,25,33)/t13-,15+,16+,19-/m1/s1. The van der Waals surface area contributed by atoms with Crippen molar-refractivity contribution in [2.75, 3.05) is 25.0 Å². The number of aromatic amines is 1. The van der Waals surface area contributed by atoms with Gasteiger partial charge in [-0.2, -0.15) is 0 Å². The summed E-state index contributed by atoms with van der Waals surface area (Å²) in [5.41, 5.74) is 0.953. The molecule has 182 valence electrons. The van der Waals surface area contributed by atoms with Crippen molar-refractivity contribution in [1.82, 2.24) is 24.8 Å². The third-order valence-electron chi connectivity index (χ3n) is 5.28. The summed E-state index contributed by atoms with van der Waals surface area (Å²) in [5, 5.41) is 27.2. The molecule has 0 bridgehead atoms. The molecule has 4 atom stereocenters. The number of ether oxygens (including phenoxy) is 2. The number of aromatic nitrogens is 4. The van der Waals surface area contributed by atoms with Gasteiger partial charge in [0.25, 0.3) is 0 Å². The lowest BCUT2D eigenvalue weighted by Gasteiger charge is -2.17. The number of thiocarbonyl (C=S) groups is 1. The maximum absolute atomic E-state index is 11.1. The van der Waals surface area contributed by atoms with Gasteiger partial charge in [0.1, 0.15) is 36.1 Å². The molecule has 1 saturated heterocycles. The van der Waals surface area contributed by atoms with Crippen LogP contribution < -0.4 is 10.6 Å². The van der Waals surface area contributed by atoms with Crippen LogP contribution in [0.1, 0.15) is 45.8 Å². The highest BCUT2D eigenvalue weighted by Crippen LogP contribution is 2.32. The van der Waals surface area contributed by atoms with Gasteiger partial charge in [0, 0.05) is 20.0 Å². The quantitative estimate of drug-likeness (QED) is 0.175. The Morgan fingerprint density at radius 3 is 2.67 bits per heavy atom. The predicted molar refractivity (Wildman–Crippen MR) is 129 cm³/mol. The number of nitrogens with zero attached hydrogens (tertiary/aromatic N) is 3. The van der Waals surface area contributed by atoms with Crippen molar-refractivity contribution in [1.29, 1.82) is 0 Å². The minimum Gasteiger partial charge on any atom is -0.463 e. The van der Waals surface area contributed by atoms with Crippen LogP contribution in [0.4, 0.5) is 5.95 Å². The third-order valence-corrected chi connectivity index (χ3v) is 5.71. The minimum absolute atomic E-state index is 0.164. The van der Waals surface area contributed by atoms with Crippen LogP contribution in [0.2, 0.25) is 0 Å². The first-order chi connectivity index (χ1) is 15.8. The van der Waals surface area contributed by atoms with E-state index in [1.54, 1.807) is 4.57 Å². The molecule has 1 fully saturated rings. The van der Waals surface area contributed by atoms with Gasteiger partial charge >= 0.3 is 5.97 Å².